The van der Waals surface area contributed by atoms with Crippen molar-refractivity contribution in [1.29, 1.82) is 0 Å². The van der Waals surface area contributed by atoms with E-state index in [0.29, 0.717) is 30.5 Å². The molecule has 0 bridgehead atoms. The number of halogens is 1. The van der Waals surface area contributed by atoms with E-state index in [9.17, 15) is 4.39 Å². The molecule has 4 aliphatic heterocycles. The Morgan fingerprint density at radius 2 is 2.00 bits per heavy atom. The lowest BCUT2D eigenvalue weighted by Gasteiger charge is -2.46. The maximum Gasteiger partial charge on any atom is 0.318 e. The van der Waals surface area contributed by atoms with Crippen LogP contribution < -0.4 is 9.64 Å². The molecular formula is C23H29FN4O4. The van der Waals surface area contributed by atoms with Crippen molar-refractivity contribution in [3.8, 4) is 5.75 Å². The van der Waals surface area contributed by atoms with Crippen LogP contribution in [0.1, 0.15) is 30.7 Å². The molecule has 0 unspecified atom stereocenters. The molecule has 32 heavy (non-hydrogen) atoms. The predicted molar refractivity (Wildman–Crippen MR) is 113 cm³/mol. The summed E-state index contributed by atoms with van der Waals surface area (Å²) in [6.07, 6.45) is 4.40. The van der Waals surface area contributed by atoms with Crippen LogP contribution in [0, 0.1) is 11.7 Å². The van der Waals surface area contributed by atoms with Gasteiger partial charge in [0.15, 0.2) is 0 Å². The third kappa shape index (κ3) is 3.86. The van der Waals surface area contributed by atoms with Crippen LogP contribution in [0.4, 0.5) is 10.4 Å². The van der Waals surface area contributed by atoms with Crippen LogP contribution in [0.5, 0.6) is 5.75 Å². The van der Waals surface area contributed by atoms with Gasteiger partial charge in [-0.15, -0.1) is 5.10 Å². The van der Waals surface area contributed by atoms with E-state index in [1.54, 1.807) is 12.1 Å². The number of piperidine rings is 1. The molecule has 1 aromatic carbocycles. The Bertz CT molecular complexity index is 924. The molecule has 4 aliphatic rings. The van der Waals surface area contributed by atoms with Gasteiger partial charge in [0.25, 0.3) is 0 Å². The van der Waals surface area contributed by atoms with E-state index < -0.39 is 0 Å². The zero-order chi connectivity index (χ0) is 21.5. The standard InChI is InChI=1S/C23H29FN4O4/c24-18-1-2-21(30-11-16-9-29-10-16)20(7-18)17-3-5-27(6-4-17)19-8-23(32-12-19)13-28(14-23)22-26-25-15-31-22/h1-2,7,15-17,19H,3-6,8-14H2/t19-/m0/s1. The monoisotopic (exact) mass is 444 g/mol. The third-order valence-electron chi connectivity index (χ3n) is 7.41. The first kappa shape index (κ1) is 20.4. The fraction of sp³-hybridized carbons (Fsp3) is 0.652. The summed E-state index contributed by atoms with van der Waals surface area (Å²) in [4.78, 5) is 4.62. The van der Waals surface area contributed by atoms with Crippen molar-refractivity contribution in [1.82, 2.24) is 15.1 Å². The van der Waals surface area contributed by atoms with Gasteiger partial charge in [0.05, 0.1) is 39.5 Å². The number of hydrogen-bond acceptors (Lipinski definition) is 8. The van der Waals surface area contributed by atoms with Gasteiger partial charge in [0.1, 0.15) is 17.2 Å². The van der Waals surface area contributed by atoms with Gasteiger partial charge in [-0.05, 0) is 56.5 Å². The highest BCUT2D eigenvalue weighted by atomic mass is 19.1. The topological polar surface area (TPSA) is 73.1 Å². The second-order valence-electron chi connectivity index (χ2n) is 9.64. The summed E-state index contributed by atoms with van der Waals surface area (Å²) in [7, 11) is 0. The molecule has 0 N–H and O–H groups in total. The molecule has 0 aliphatic carbocycles. The molecule has 0 saturated carbocycles. The van der Waals surface area contributed by atoms with E-state index in [2.05, 4.69) is 20.0 Å². The van der Waals surface area contributed by atoms with Crippen LogP contribution in [-0.4, -0.2) is 79.3 Å². The Kier molecular flexibility index (Phi) is 5.27. The van der Waals surface area contributed by atoms with Crippen LogP contribution in [0.2, 0.25) is 0 Å². The Morgan fingerprint density at radius 1 is 1.16 bits per heavy atom. The highest BCUT2D eigenvalue weighted by molar-refractivity contribution is 5.37. The number of hydrogen-bond donors (Lipinski definition) is 0. The van der Waals surface area contributed by atoms with Crippen molar-refractivity contribution in [2.75, 3.05) is 57.5 Å². The molecule has 2 aromatic rings. The van der Waals surface area contributed by atoms with E-state index in [0.717, 1.165) is 76.6 Å². The van der Waals surface area contributed by atoms with Gasteiger partial charge in [-0.1, -0.05) is 5.10 Å². The first-order valence-corrected chi connectivity index (χ1v) is 11.6. The second kappa shape index (κ2) is 8.28. The highest BCUT2D eigenvalue weighted by Gasteiger charge is 2.52. The van der Waals surface area contributed by atoms with E-state index >= 15 is 0 Å². The van der Waals surface area contributed by atoms with E-state index in [1.807, 2.05) is 0 Å². The predicted octanol–water partition coefficient (Wildman–Crippen LogP) is 2.46. The summed E-state index contributed by atoms with van der Waals surface area (Å²) in [6, 6.07) is 5.96. The van der Waals surface area contributed by atoms with Gasteiger partial charge in [-0.2, -0.15) is 0 Å². The molecule has 6 rings (SSSR count). The smallest absolute Gasteiger partial charge is 0.318 e. The van der Waals surface area contributed by atoms with Crippen molar-refractivity contribution in [2.24, 2.45) is 5.92 Å². The molecule has 4 fully saturated rings. The van der Waals surface area contributed by atoms with E-state index in [4.69, 9.17) is 18.6 Å². The van der Waals surface area contributed by atoms with Crippen molar-refractivity contribution < 1.29 is 23.0 Å². The zero-order valence-electron chi connectivity index (χ0n) is 18.1. The van der Waals surface area contributed by atoms with Gasteiger partial charge in [0.2, 0.25) is 6.39 Å². The van der Waals surface area contributed by atoms with Crippen molar-refractivity contribution >= 4 is 6.01 Å². The van der Waals surface area contributed by atoms with Gasteiger partial charge >= 0.3 is 6.01 Å². The Labute approximate surface area is 186 Å². The molecular weight excluding hydrogens is 415 g/mol. The summed E-state index contributed by atoms with van der Waals surface area (Å²) >= 11 is 0. The van der Waals surface area contributed by atoms with Gasteiger partial charge in [-0.25, -0.2) is 4.39 Å². The van der Waals surface area contributed by atoms with Gasteiger partial charge in [0, 0.05) is 17.5 Å². The zero-order valence-corrected chi connectivity index (χ0v) is 18.1. The number of nitrogens with zero attached hydrogens (tertiary/aromatic N) is 4. The molecule has 1 aromatic heterocycles. The second-order valence-corrected chi connectivity index (χ2v) is 9.64. The first-order valence-electron chi connectivity index (χ1n) is 11.6. The Balaban J connectivity index is 1.04. The lowest BCUT2D eigenvalue weighted by atomic mass is 9.86. The highest BCUT2D eigenvalue weighted by Crippen LogP contribution is 2.41. The molecule has 4 saturated heterocycles. The number of benzene rings is 1. The normalized spacial score (nSPS) is 26.3. The maximum absolute atomic E-state index is 14.0. The number of ether oxygens (including phenoxy) is 3. The van der Waals surface area contributed by atoms with Crippen LogP contribution in [0.25, 0.3) is 0 Å². The van der Waals surface area contributed by atoms with Crippen LogP contribution in [-0.2, 0) is 9.47 Å². The summed E-state index contributed by atoms with van der Waals surface area (Å²) in [5.74, 6) is 1.41. The summed E-state index contributed by atoms with van der Waals surface area (Å²) in [6.45, 7) is 6.51. The fourth-order valence-corrected chi connectivity index (χ4v) is 5.50. The average molecular weight is 445 g/mol. The largest absolute Gasteiger partial charge is 0.493 e. The van der Waals surface area contributed by atoms with Crippen LogP contribution in [0.15, 0.2) is 29.0 Å². The lowest BCUT2D eigenvalue weighted by molar-refractivity contribution is -0.0510. The van der Waals surface area contributed by atoms with Crippen molar-refractivity contribution in [3.05, 3.63) is 36.0 Å². The maximum atomic E-state index is 14.0. The van der Waals surface area contributed by atoms with Crippen molar-refractivity contribution in [2.45, 2.75) is 36.8 Å². The molecule has 0 radical (unpaired) electrons. The Hall–Kier alpha value is -2.23. The van der Waals surface area contributed by atoms with E-state index in [-0.39, 0.29) is 11.4 Å². The quantitative estimate of drug-likeness (QED) is 0.673. The molecule has 8 nitrogen and oxygen atoms in total. The number of likely N-dealkylation sites (tertiary alicyclic amines) is 1. The van der Waals surface area contributed by atoms with Gasteiger partial charge < -0.3 is 23.5 Å². The summed E-state index contributed by atoms with van der Waals surface area (Å²) in [5.41, 5.74) is 0.920. The van der Waals surface area contributed by atoms with Gasteiger partial charge in [-0.3, -0.25) is 4.90 Å². The SMILES string of the molecule is Fc1ccc(OCC2COC2)c(C2CCN([C@@H]3COC4(C3)CN(c3nnco3)C4)CC2)c1. The van der Waals surface area contributed by atoms with E-state index in [1.165, 1.54) is 12.5 Å². The fourth-order valence-electron chi connectivity index (χ4n) is 5.50. The van der Waals surface area contributed by atoms with Crippen molar-refractivity contribution in [3.63, 3.8) is 0 Å². The molecule has 1 spiro atoms. The third-order valence-corrected chi connectivity index (χ3v) is 7.41. The minimum Gasteiger partial charge on any atom is -0.493 e. The lowest BCUT2D eigenvalue weighted by Crippen LogP contribution is -2.62. The summed E-state index contributed by atoms with van der Waals surface area (Å²) in [5, 5.41) is 7.74. The Morgan fingerprint density at radius 3 is 2.72 bits per heavy atom. The molecule has 9 heteroatoms. The minimum atomic E-state index is -0.191. The number of anilines is 1. The number of aromatic nitrogens is 2. The first-order chi connectivity index (χ1) is 15.7. The summed E-state index contributed by atoms with van der Waals surface area (Å²) < 4.78 is 36.9. The molecule has 0 amide bonds. The van der Waals surface area contributed by atoms with Crippen LogP contribution >= 0.6 is 0 Å². The molecule has 5 heterocycles. The molecule has 172 valence electrons. The number of rotatable bonds is 6. The minimum absolute atomic E-state index is 0.0925. The average Bonchev–Trinajstić information content (AvgIpc) is 3.43. The van der Waals surface area contributed by atoms with Crippen LogP contribution in [0.3, 0.4) is 0 Å². The molecule has 1 atom stereocenters.